The van der Waals surface area contributed by atoms with Crippen LogP contribution in [0.4, 0.5) is 5.69 Å². The van der Waals surface area contributed by atoms with E-state index in [9.17, 15) is 4.79 Å². The van der Waals surface area contributed by atoms with Gasteiger partial charge in [0.05, 0.1) is 10.6 Å². The number of methoxy groups -OCH3 is 1. The lowest BCUT2D eigenvalue weighted by molar-refractivity contribution is -0.122. The molecule has 0 radical (unpaired) electrons. The molecule has 0 aromatic heterocycles. The van der Waals surface area contributed by atoms with Crippen molar-refractivity contribution in [3.05, 3.63) is 99.9 Å². The van der Waals surface area contributed by atoms with Crippen LogP contribution in [0.3, 0.4) is 0 Å². The number of carbonyl (C=O) groups is 1. The summed E-state index contributed by atoms with van der Waals surface area (Å²) in [6, 6.07) is 24.9. The molecule has 1 amide bonds. The second-order valence-electron chi connectivity index (χ2n) is 7.63. The molecule has 1 fully saturated rings. The highest BCUT2D eigenvalue weighted by Crippen LogP contribution is 2.34. The zero-order chi connectivity index (χ0) is 23.8. The number of halogens is 1. The van der Waals surface area contributed by atoms with Crippen LogP contribution < -0.4 is 4.74 Å². The Hall–Kier alpha value is -3.06. The molecule has 1 aliphatic rings. The predicted octanol–water partition coefficient (Wildman–Crippen LogP) is 6.56. The van der Waals surface area contributed by atoms with Crippen LogP contribution in [0.15, 0.2) is 88.8 Å². The number of rotatable bonds is 9. The van der Waals surface area contributed by atoms with Gasteiger partial charge in [0.15, 0.2) is 5.17 Å². The van der Waals surface area contributed by atoms with Gasteiger partial charge in [0.2, 0.25) is 0 Å². The summed E-state index contributed by atoms with van der Waals surface area (Å²) in [7, 11) is 1.66. The summed E-state index contributed by atoms with van der Waals surface area (Å²) in [6.45, 7) is 1.60. The number of ether oxygens (including phenoxy) is 2. The lowest BCUT2D eigenvalue weighted by atomic mass is 10.2. The Morgan fingerprint density at radius 2 is 1.74 bits per heavy atom. The number of amides is 1. The van der Waals surface area contributed by atoms with Gasteiger partial charge in [-0.15, -0.1) is 0 Å². The molecule has 0 saturated carbocycles. The number of amidine groups is 1. The van der Waals surface area contributed by atoms with Crippen molar-refractivity contribution in [1.29, 1.82) is 0 Å². The fraction of sp³-hybridized carbons (Fsp3) is 0.185. The highest BCUT2D eigenvalue weighted by atomic mass is 35.5. The predicted molar refractivity (Wildman–Crippen MR) is 140 cm³/mol. The summed E-state index contributed by atoms with van der Waals surface area (Å²) in [5.74, 6) is 0.717. The minimum absolute atomic E-state index is 0.0427. The lowest BCUT2D eigenvalue weighted by Crippen LogP contribution is -2.30. The van der Waals surface area contributed by atoms with Crippen LogP contribution in [-0.4, -0.2) is 36.2 Å². The second-order valence-corrected chi connectivity index (χ2v) is 9.07. The quantitative estimate of drug-likeness (QED) is 0.251. The number of thioether (sulfide) groups is 1. The first-order valence-corrected chi connectivity index (χ1v) is 12.1. The van der Waals surface area contributed by atoms with E-state index in [1.807, 2.05) is 84.9 Å². The molecule has 174 valence electrons. The summed E-state index contributed by atoms with van der Waals surface area (Å²) >= 11 is 7.32. The van der Waals surface area contributed by atoms with E-state index >= 15 is 0 Å². The minimum Gasteiger partial charge on any atom is -0.489 e. The number of aliphatic imine (C=N–C) groups is 1. The summed E-state index contributed by atoms with van der Waals surface area (Å²) in [5.41, 5.74) is 2.79. The maximum absolute atomic E-state index is 13.1. The Labute approximate surface area is 209 Å². The first kappa shape index (κ1) is 24.1. The van der Waals surface area contributed by atoms with Crippen LogP contribution in [0.2, 0.25) is 5.02 Å². The number of para-hydroxylation sites is 1. The number of benzene rings is 3. The van der Waals surface area contributed by atoms with Crippen LogP contribution in [0, 0.1) is 0 Å². The van der Waals surface area contributed by atoms with Crippen LogP contribution in [0.5, 0.6) is 5.75 Å². The molecule has 5 nitrogen and oxygen atoms in total. The van der Waals surface area contributed by atoms with E-state index in [0.29, 0.717) is 34.9 Å². The molecule has 7 heteroatoms. The normalized spacial score (nSPS) is 15.9. The summed E-state index contributed by atoms with van der Waals surface area (Å²) in [6.07, 6.45) is 2.64. The number of carbonyl (C=O) groups excluding carboxylic acids is 1. The molecule has 3 aromatic carbocycles. The van der Waals surface area contributed by atoms with Gasteiger partial charge >= 0.3 is 0 Å². The van der Waals surface area contributed by atoms with Crippen molar-refractivity contribution in [3.63, 3.8) is 0 Å². The molecule has 0 spiro atoms. The molecule has 0 aliphatic carbocycles. The molecular weight excluding hydrogens is 468 g/mol. The number of hydrogen-bond acceptors (Lipinski definition) is 5. The van der Waals surface area contributed by atoms with Gasteiger partial charge in [-0.05, 0) is 71.8 Å². The highest BCUT2D eigenvalue weighted by molar-refractivity contribution is 8.18. The molecule has 0 atom stereocenters. The monoisotopic (exact) mass is 492 g/mol. The summed E-state index contributed by atoms with van der Waals surface area (Å²) < 4.78 is 11.0. The maximum Gasteiger partial charge on any atom is 0.266 e. The molecular formula is C27H25ClN2O3S. The van der Waals surface area contributed by atoms with Crippen LogP contribution in [0.1, 0.15) is 17.5 Å². The van der Waals surface area contributed by atoms with Crippen molar-refractivity contribution in [1.82, 2.24) is 4.90 Å². The van der Waals surface area contributed by atoms with Gasteiger partial charge in [0.25, 0.3) is 5.91 Å². The molecule has 0 N–H and O–H groups in total. The largest absolute Gasteiger partial charge is 0.489 e. The van der Waals surface area contributed by atoms with Crippen LogP contribution >= 0.6 is 23.4 Å². The molecule has 0 unspecified atom stereocenters. The van der Waals surface area contributed by atoms with Crippen molar-refractivity contribution in [3.8, 4) is 5.75 Å². The van der Waals surface area contributed by atoms with Gasteiger partial charge in [-0.3, -0.25) is 9.69 Å². The summed E-state index contributed by atoms with van der Waals surface area (Å²) in [5, 5.41) is 1.39. The molecule has 3 aromatic rings. The van der Waals surface area contributed by atoms with Crippen molar-refractivity contribution in [2.24, 2.45) is 4.99 Å². The first-order valence-electron chi connectivity index (χ1n) is 10.9. The Balaban J connectivity index is 1.46. The van der Waals surface area contributed by atoms with Crippen molar-refractivity contribution >= 4 is 46.2 Å². The smallest absolute Gasteiger partial charge is 0.266 e. The summed E-state index contributed by atoms with van der Waals surface area (Å²) in [4.78, 5) is 20.2. The van der Waals surface area contributed by atoms with Gasteiger partial charge in [-0.1, -0.05) is 54.1 Å². The van der Waals surface area contributed by atoms with E-state index < -0.39 is 0 Å². The molecule has 34 heavy (non-hydrogen) atoms. The average molecular weight is 493 g/mol. The van der Waals surface area contributed by atoms with Gasteiger partial charge in [-0.25, -0.2) is 4.99 Å². The van der Waals surface area contributed by atoms with Crippen molar-refractivity contribution in [2.75, 3.05) is 20.3 Å². The van der Waals surface area contributed by atoms with Gasteiger partial charge in [-0.2, -0.15) is 0 Å². The van der Waals surface area contributed by atoms with Crippen molar-refractivity contribution < 1.29 is 14.3 Å². The van der Waals surface area contributed by atoms with Crippen LogP contribution in [0.25, 0.3) is 6.08 Å². The SMILES string of the molecule is COCCCN1C(=O)/C(=C/c2ccc(OCc3ccc(Cl)cc3)cc2)SC1=Nc1ccccc1. The Morgan fingerprint density at radius 3 is 2.44 bits per heavy atom. The van der Waals surface area contributed by atoms with E-state index in [1.165, 1.54) is 11.8 Å². The van der Waals surface area contributed by atoms with E-state index in [-0.39, 0.29) is 5.91 Å². The molecule has 4 rings (SSSR count). The Kier molecular flexibility index (Phi) is 8.41. The van der Waals surface area contributed by atoms with E-state index in [4.69, 9.17) is 26.1 Å². The molecule has 0 bridgehead atoms. The standard InChI is InChI=1S/C27H25ClN2O3S/c1-32-17-5-16-30-26(31)25(34-27(30)29-23-6-3-2-4-7-23)18-20-10-14-24(15-11-20)33-19-21-8-12-22(28)13-9-21/h2-4,6-15,18H,5,16-17,19H2,1H3/b25-18-,29-27?. The number of hydrogen-bond donors (Lipinski definition) is 0. The zero-order valence-corrected chi connectivity index (χ0v) is 20.4. The lowest BCUT2D eigenvalue weighted by Gasteiger charge is -2.15. The molecule has 1 heterocycles. The Bertz CT molecular complexity index is 1160. The van der Waals surface area contributed by atoms with E-state index in [2.05, 4.69) is 0 Å². The second kappa shape index (κ2) is 11.9. The van der Waals surface area contributed by atoms with E-state index in [1.54, 1.807) is 12.0 Å². The molecule has 1 saturated heterocycles. The topological polar surface area (TPSA) is 51.1 Å². The average Bonchev–Trinajstić information content (AvgIpc) is 3.14. The van der Waals surface area contributed by atoms with Gasteiger partial charge in [0.1, 0.15) is 12.4 Å². The third-order valence-electron chi connectivity index (χ3n) is 5.10. The third kappa shape index (κ3) is 6.50. The maximum atomic E-state index is 13.1. The first-order chi connectivity index (χ1) is 16.6. The van der Waals surface area contributed by atoms with Crippen molar-refractivity contribution in [2.45, 2.75) is 13.0 Å². The van der Waals surface area contributed by atoms with Crippen LogP contribution in [-0.2, 0) is 16.1 Å². The minimum atomic E-state index is -0.0427. The number of nitrogens with zero attached hydrogens (tertiary/aromatic N) is 2. The highest BCUT2D eigenvalue weighted by Gasteiger charge is 2.33. The zero-order valence-electron chi connectivity index (χ0n) is 18.8. The van der Waals surface area contributed by atoms with E-state index in [0.717, 1.165) is 29.0 Å². The third-order valence-corrected chi connectivity index (χ3v) is 6.35. The Morgan fingerprint density at radius 1 is 1.00 bits per heavy atom. The molecule has 1 aliphatic heterocycles. The van der Waals surface area contributed by atoms with Gasteiger partial charge < -0.3 is 9.47 Å². The fourth-order valence-electron chi connectivity index (χ4n) is 3.33. The van der Waals surface area contributed by atoms with Gasteiger partial charge in [0, 0.05) is 25.3 Å². The fourth-order valence-corrected chi connectivity index (χ4v) is 4.48.